The summed E-state index contributed by atoms with van der Waals surface area (Å²) in [6, 6.07) is 4.03. The molecular formula is C9H11N3. The van der Waals surface area contributed by atoms with Gasteiger partial charge in [0, 0.05) is 19.5 Å². The zero-order chi connectivity index (χ0) is 8.39. The fraction of sp³-hybridized carbons (Fsp3) is 0.222. The Balaban J connectivity index is 2.34. The second kappa shape index (κ2) is 2.85. The van der Waals surface area contributed by atoms with Gasteiger partial charge in [0.2, 0.25) is 0 Å². The van der Waals surface area contributed by atoms with E-state index in [-0.39, 0.29) is 0 Å². The van der Waals surface area contributed by atoms with E-state index < -0.39 is 0 Å². The van der Waals surface area contributed by atoms with E-state index in [0.29, 0.717) is 0 Å². The summed E-state index contributed by atoms with van der Waals surface area (Å²) >= 11 is 0. The monoisotopic (exact) mass is 161 g/mol. The van der Waals surface area contributed by atoms with Gasteiger partial charge in [-0.2, -0.15) is 0 Å². The van der Waals surface area contributed by atoms with E-state index in [0.717, 1.165) is 17.9 Å². The minimum Gasteiger partial charge on any atom is -0.366 e. The number of aromatic amines is 1. The van der Waals surface area contributed by atoms with Crippen LogP contribution >= 0.6 is 0 Å². The second-order valence-electron chi connectivity index (χ2n) is 2.81. The highest BCUT2D eigenvalue weighted by Crippen LogP contribution is 2.16. The van der Waals surface area contributed by atoms with Crippen molar-refractivity contribution in [3.05, 3.63) is 30.2 Å². The first-order valence-electron chi connectivity index (χ1n) is 3.94. The quantitative estimate of drug-likeness (QED) is 0.662. The molecule has 1 aliphatic heterocycles. The zero-order valence-electron chi connectivity index (χ0n) is 6.99. The third kappa shape index (κ3) is 1.13. The molecule has 3 nitrogen and oxygen atoms in total. The Morgan fingerprint density at radius 1 is 1.58 bits per heavy atom. The first-order valence-corrected chi connectivity index (χ1v) is 3.94. The van der Waals surface area contributed by atoms with Gasteiger partial charge in [-0.3, -0.25) is 4.99 Å². The summed E-state index contributed by atoms with van der Waals surface area (Å²) in [7, 11) is 2.05. The summed E-state index contributed by atoms with van der Waals surface area (Å²) in [6.45, 7) is 0.880. The molecule has 2 heterocycles. The van der Waals surface area contributed by atoms with Crippen molar-refractivity contribution in [1.82, 2.24) is 9.88 Å². The summed E-state index contributed by atoms with van der Waals surface area (Å²) in [6.07, 6.45) is 5.68. The molecule has 1 N–H and O–H groups in total. The Labute approximate surface area is 71.4 Å². The average molecular weight is 161 g/mol. The molecule has 1 aromatic heterocycles. The van der Waals surface area contributed by atoms with Gasteiger partial charge in [-0.25, -0.2) is 0 Å². The van der Waals surface area contributed by atoms with E-state index in [9.17, 15) is 0 Å². The lowest BCUT2D eigenvalue weighted by molar-refractivity contribution is 0.547. The Kier molecular flexibility index (Phi) is 1.70. The molecule has 0 atom stereocenters. The van der Waals surface area contributed by atoms with Gasteiger partial charge in [0.25, 0.3) is 0 Å². The molecule has 0 fully saturated rings. The number of aliphatic imine (C=N–C) groups is 1. The number of aromatic nitrogens is 1. The van der Waals surface area contributed by atoms with E-state index in [1.807, 2.05) is 30.7 Å². The molecule has 0 spiro atoms. The maximum absolute atomic E-state index is 4.12. The molecule has 3 heteroatoms. The van der Waals surface area contributed by atoms with Crippen LogP contribution in [0.5, 0.6) is 0 Å². The van der Waals surface area contributed by atoms with E-state index in [2.05, 4.69) is 21.9 Å². The lowest BCUT2D eigenvalue weighted by Crippen LogP contribution is -2.21. The highest BCUT2D eigenvalue weighted by atomic mass is 15.1. The molecular weight excluding hydrogens is 150 g/mol. The van der Waals surface area contributed by atoms with Crippen molar-refractivity contribution in [1.29, 1.82) is 0 Å². The first kappa shape index (κ1) is 7.16. The SMILES string of the molecule is CN1CC=NC=C1c1ccc[nH]1. The second-order valence-corrected chi connectivity index (χ2v) is 2.81. The molecule has 0 amide bonds. The van der Waals surface area contributed by atoms with Crippen molar-refractivity contribution in [2.75, 3.05) is 13.6 Å². The van der Waals surface area contributed by atoms with Gasteiger partial charge in [0.15, 0.2) is 0 Å². The summed E-state index contributed by atoms with van der Waals surface area (Å²) in [4.78, 5) is 9.42. The van der Waals surface area contributed by atoms with Crippen molar-refractivity contribution >= 4 is 11.9 Å². The van der Waals surface area contributed by atoms with Crippen molar-refractivity contribution in [2.24, 2.45) is 4.99 Å². The number of nitrogens with one attached hydrogen (secondary N) is 1. The van der Waals surface area contributed by atoms with E-state index in [1.165, 1.54) is 0 Å². The molecule has 1 aliphatic rings. The predicted octanol–water partition coefficient (Wildman–Crippen LogP) is 1.33. The van der Waals surface area contributed by atoms with E-state index in [1.54, 1.807) is 0 Å². The molecule has 0 radical (unpaired) electrons. The summed E-state index contributed by atoms with van der Waals surface area (Å²) in [5, 5.41) is 0. The summed E-state index contributed by atoms with van der Waals surface area (Å²) in [5.74, 6) is 0. The average Bonchev–Trinajstić information content (AvgIpc) is 2.57. The van der Waals surface area contributed by atoms with Crippen LogP contribution in [0.3, 0.4) is 0 Å². The number of rotatable bonds is 1. The minimum absolute atomic E-state index is 0.880. The molecule has 1 aromatic rings. The minimum atomic E-state index is 0.880. The Morgan fingerprint density at radius 2 is 2.50 bits per heavy atom. The lowest BCUT2D eigenvalue weighted by Gasteiger charge is -2.21. The number of hydrogen-bond acceptors (Lipinski definition) is 2. The summed E-state index contributed by atoms with van der Waals surface area (Å²) < 4.78 is 0. The molecule has 12 heavy (non-hydrogen) atoms. The Bertz CT molecular complexity index is 309. The van der Waals surface area contributed by atoms with Gasteiger partial charge in [-0.05, 0) is 12.1 Å². The van der Waals surface area contributed by atoms with Crippen LogP contribution in [0.15, 0.2) is 29.5 Å². The van der Waals surface area contributed by atoms with Crippen molar-refractivity contribution in [3.63, 3.8) is 0 Å². The molecule has 0 unspecified atom stereocenters. The molecule has 0 aromatic carbocycles. The van der Waals surface area contributed by atoms with Crippen LogP contribution in [0, 0.1) is 0 Å². The standard InChI is InChI=1S/C9H11N3/c1-12-6-5-10-7-9(12)8-3-2-4-11-8/h2-5,7,11H,6H2,1H3. The van der Waals surface area contributed by atoms with E-state index >= 15 is 0 Å². The topological polar surface area (TPSA) is 31.4 Å². The predicted molar refractivity (Wildman–Crippen MR) is 49.9 cm³/mol. The zero-order valence-corrected chi connectivity index (χ0v) is 6.99. The fourth-order valence-electron chi connectivity index (χ4n) is 1.25. The highest BCUT2D eigenvalue weighted by molar-refractivity contribution is 5.72. The van der Waals surface area contributed by atoms with Gasteiger partial charge in [0.1, 0.15) is 0 Å². The maximum Gasteiger partial charge on any atom is 0.0791 e. The third-order valence-electron chi connectivity index (χ3n) is 1.94. The van der Waals surface area contributed by atoms with Gasteiger partial charge in [0.05, 0.1) is 24.1 Å². The lowest BCUT2D eigenvalue weighted by atomic mass is 10.3. The molecule has 0 saturated heterocycles. The van der Waals surface area contributed by atoms with Gasteiger partial charge in [-0.1, -0.05) is 0 Å². The van der Waals surface area contributed by atoms with Crippen LogP contribution in [-0.2, 0) is 0 Å². The van der Waals surface area contributed by atoms with Crippen LogP contribution in [0.25, 0.3) is 5.70 Å². The van der Waals surface area contributed by atoms with Crippen LogP contribution in [0.4, 0.5) is 0 Å². The van der Waals surface area contributed by atoms with Gasteiger partial charge >= 0.3 is 0 Å². The normalized spacial score (nSPS) is 16.4. The van der Waals surface area contributed by atoms with Gasteiger partial charge < -0.3 is 9.88 Å². The van der Waals surface area contributed by atoms with Crippen molar-refractivity contribution in [3.8, 4) is 0 Å². The van der Waals surface area contributed by atoms with Crippen molar-refractivity contribution in [2.45, 2.75) is 0 Å². The van der Waals surface area contributed by atoms with E-state index in [4.69, 9.17) is 0 Å². The number of hydrogen-bond donors (Lipinski definition) is 1. The van der Waals surface area contributed by atoms with Crippen LogP contribution in [-0.4, -0.2) is 29.7 Å². The molecule has 0 saturated carbocycles. The largest absolute Gasteiger partial charge is 0.366 e. The van der Waals surface area contributed by atoms with Crippen LogP contribution in [0.1, 0.15) is 5.69 Å². The fourth-order valence-corrected chi connectivity index (χ4v) is 1.25. The van der Waals surface area contributed by atoms with Crippen LogP contribution < -0.4 is 0 Å². The first-order chi connectivity index (χ1) is 5.88. The Morgan fingerprint density at radius 3 is 3.17 bits per heavy atom. The number of nitrogens with zero attached hydrogens (tertiary/aromatic N) is 2. The molecule has 0 bridgehead atoms. The molecule has 0 aliphatic carbocycles. The molecule has 2 rings (SSSR count). The Hall–Kier alpha value is -1.51. The molecule has 62 valence electrons. The highest BCUT2D eigenvalue weighted by Gasteiger charge is 2.08. The van der Waals surface area contributed by atoms with Crippen LogP contribution in [0.2, 0.25) is 0 Å². The third-order valence-corrected chi connectivity index (χ3v) is 1.94. The summed E-state index contributed by atoms with van der Waals surface area (Å²) in [5.41, 5.74) is 2.26. The smallest absolute Gasteiger partial charge is 0.0791 e. The van der Waals surface area contributed by atoms with Gasteiger partial charge in [-0.15, -0.1) is 0 Å². The number of H-pyrrole nitrogens is 1. The maximum atomic E-state index is 4.12. The van der Waals surface area contributed by atoms with Crippen molar-refractivity contribution < 1.29 is 0 Å².